The molecule has 0 spiro atoms. The minimum atomic E-state index is -4.63. The summed E-state index contributed by atoms with van der Waals surface area (Å²) < 4.78 is 32.5. The second-order valence-electron chi connectivity index (χ2n) is 14.4. The molecule has 0 aliphatic rings. The van der Waals surface area contributed by atoms with Crippen molar-refractivity contribution in [2.24, 2.45) is 0 Å². The zero-order valence-electron chi connectivity index (χ0n) is 33.7. The molecule has 0 aliphatic carbocycles. The number of allylic oxidation sites excluding steroid dienone is 3. The number of aliphatic hydroxyl groups excluding tert-OH is 2. The number of carbonyl (C=O) groups excluding carboxylic acids is 2. The van der Waals surface area contributed by atoms with Crippen LogP contribution in [0.3, 0.4) is 0 Å². The van der Waals surface area contributed by atoms with Crippen molar-refractivity contribution in [2.45, 2.75) is 206 Å². The molecule has 0 heterocycles. The second kappa shape index (κ2) is 38.7. The Kier molecular flexibility index (Phi) is 37.6. The van der Waals surface area contributed by atoms with E-state index in [9.17, 15) is 24.2 Å². The van der Waals surface area contributed by atoms with Gasteiger partial charge in [-0.15, -0.1) is 0 Å². The van der Waals surface area contributed by atoms with Crippen molar-refractivity contribution in [3.05, 3.63) is 24.3 Å². The second-order valence-corrected chi connectivity index (χ2v) is 15.9. The van der Waals surface area contributed by atoms with E-state index in [0.717, 1.165) is 32.1 Å². The van der Waals surface area contributed by atoms with Gasteiger partial charge in [0, 0.05) is 12.5 Å². The number of aliphatic hydroxyl groups is 2. The minimum absolute atomic E-state index is 0.169. The fourth-order valence-corrected chi connectivity index (χ4v) is 6.70. The topological polar surface area (TPSA) is 149 Å². The Labute approximate surface area is 323 Å². The van der Waals surface area contributed by atoms with Gasteiger partial charge in [-0.3, -0.25) is 13.8 Å². The highest BCUT2D eigenvalue weighted by Gasteiger charge is 2.27. The van der Waals surface area contributed by atoms with Crippen LogP contribution in [0, 0.1) is 0 Å². The predicted octanol–water partition coefficient (Wildman–Crippen LogP) is 11.0. The van der Waals surface area contributed by atoms with Crippen molar-refractivity contribution in [2.75, 3.05) is 26.4 Å². The van der Waals surface area contributed by atoms with E-state index in [2.05, 4.69) is 18.4 Å². The molecule has 10 nitrogen and oxygen atoms in total. The molecule has 0 bridgehead atoms. The van der Waals surface area contributed by atoms with Gasteiger partial charge in [-0.05, 0) is 19.3 Å². The van der Waals surface area contributed by atoms with Crippen LogP contribution >= 0.6 is 7.82 Å². The lowest BCUT2D eigenvalue weighted by molar-refractivity contribution is -0.159. The summed E-state index contributed by atoms with van der Waals surface area (Å²) in [5.41, 5.74) is 0. The third-order valence-corrected chi connectivity index (χ3v) is 10.2. The zero-order valence-corrected chi connectivity index (χ0v) is 34.6. The Balaban J connectivity index is 4.38. The fraction of sp³-hybridized carbons (Fsp3) is 0.857. The lowest BCUT2D eigenvalue weighted by Crippen LogP contribution is -2.29. The van der Waals surface area contributed by atoms with Crippen LogP contribution in [0.15, 0.2) is 24.3 Å². The number of rotatable bonds is 40. The average Bonchev–Trinajstić information content (AvgIpc) is 3.14. The summed E-state index contributed by atoms with van der Waals surface area (Å²) in [5.74, 6) is -1.17. The molecule has 0 aliphatic heterocycles. The summed E-state index contributed by atoms with van der Waals surface area (Å²) in [6, 6.07) is 0. The molecule has 0 rings (SSSR count). The number of ether oxygens (including phenoxy) is 2. The molecule has 11 heteroatoms. The maximum Gasteiger partial charge on any atom is 0.472 e. The Morgan fingerprint density at radius 2 is 1.04 bits per heavy atom. The van der Waals surface area contributed by atoms with Crippen molar-refractivity contribution >= 4 is 19.8 Å². The van der Waals surface area contributed by atoms with Crippen LogP contribution in [0.5, 0.6) is 0 Å². The number of hydrogen-bond acceptors (Lipinski definition) is 9. The molecule has 0 amide bonds. The quantitative estimate of drug-likeness (QED) is 0.0180. The molecule has 3 atom stereocenters. The largest absolute Gasteiger partial charge is 0.472 e. The number of unbranched alkanes of at least 4 members (excludes halogenated alkanes) is 25. The fourth-order valence-electron chi connectivity index (χ4n) is 5.91. The Morgan fingerprint density at radius 3 is 1.51 bits per heavy atom. The van der Waals surface area contributed by atoms with E-state index in [4.69, 9.17) is 19.1 Å². The molecule has 0 fully saturated rings. The lowest BCUT2D eigenvalue weighted by atomic mass is 10.0. The summed E-state index contributed by atoms with van der Waals surface area (Å²) in [6.07, 6.45) is 37.7. The van der Waals surface area contributed by atoms with E-state index in [1.54, 1.807) is 12.2 Å². The smallest absolute Gasteiger partial charge is 0.458 e. The summed E-state index contributed by atoms with van der Waals surface area (Å²) in [6.45, 7) is 2.27. The highest BCUT2D eigenvalue weighted by atomic mass is 31.2. The molecular weight excluding hydrogens is 695 g/mol. The summed E-state index contributed by atoms with van der Waals surface area (Å²) >= 11 is 0. The van der Waals surface area contributed by atoms with Crippen molar-refractivity contribution in [3.63, 3.8) is 0 Å². The van der Waals surface area contributed by atoms with Crippen molar-refractivity contribution in [1.29, 1.82) is 0 Å². The van der Waals surface area contributed by atoms with Gasteiger partial charge in [-0.1, -0.05) is 186 Å². The maximum atomic E-state index is 12.6. The molecular formula is C42H79O10P. The van der Waals surface area contributed by atoms with Crippen LogP contribution in [0.25, 0.3) is 0 Å². The third kappa shape index (κ3) is 38.5. The first-order chi connectivity index (χ1) is 25.7. The van der Waals surface area contributed by atoms with Crippen LogP contribution in [0.2, 0.25) is 0 Å². The highest BCUT2D eigenvalue weighted by Crippen LogP contribution is 2.43. The van der Waals surface area contributed by atoms with Gasteiger partial charge in [-0.25, -0.2) is 9.36 Å². The van der Waals surface area contributed by atoms with Crippen LogP contribution < -0.4 is 0 Å². The monoisotopic (exact) mass is 775 g/mol. The Bertz CT molecular complexity index is 941. The molecule has 53 heavy (non-hydrogen) atoms. The van der Waals surface area contributed by atoms with Crippen LogP contribution in [-0.4, -0.2) is 65.7 Å². The normalized spacial score (nSPS) is 14.1. The molecule has 0 radical (unpaired) electrons. The molecule has 3 N–H and O–H groups in total. The molecule has 0 aromatic carbocycles. The molecule has 1 unspecified atom stereocenters. The van der Waals surface area contributed by atoms with E-state index >= 15 is 0 Å². The maximum absolute atomic E-state index is 12.6. The van der Waals surface area contributed by atoms with E-state index in [1.165, 1.54) is 141 Å². The first-order valence-corrected chi connectivity index (χ1v) is 22.8. The van der Waals surface area contributed by atoms with Gasteiger partial charge in [-0.2, -0.15) is 0 Å². The SMILES string of the molecule is CCCCCCCCCCCCC/C=C/C=C/C(=O)OC[C@H](COP(=O)(O)OC[C@@H](O)CO)OC(=O)CCCCCCCCCCCCCCCCC. The van der Waals surface area contributed by atoms with E-state index < -0.39 is 51.8 Å². The summed E-state index contributed by atoms with van der Waals surface area (Å²) in [7, 11) is -4.63. The van der Waals surface area contributed by atoms with Crippen molar-refractivity contribution in [1.82, 2.24) is 0 Å². The van der Waals surface area contributed by atoms with Crippen LogP contribution in [0.1, 0.15) is 194 Å². The van der Waals surface area contributed by atoms with E-state index in [1.807, 2.05) is 6.08 Å². The molecule has 0 aromatic heterocycles. The third-order valence-electron chi connectivity index (χ3n) is 9.21. The number of carbonyl (C=O) groups is 2. The first-order valence-electron chi connectivity index (χ1n) is 21.3. The average molecular weight is 775 g/mol. The van der Waals surface area contributed by atoms with Gasteiger partial charge in [0.1, 0.15) is 12.7 Å². The highest BCUT2D eigenvalue weighted by molar-refractivity contribution is 7.47. The summed E-state index contributed by atoms with van der Waals surface area (Å²) in [5, 5.41) is 18.3. The Morgan fingerprint density at radius 1 is 0.604 bits per heavy atom. The lowest BCUT2D eigenvalue weighted by Gasteiger charge is -2.20. The van der Waals surface area contributed by atoms with Crippen LogP contribution in [-0.2, 0) is 32.7 Å². The number of phosphoric ester groups is 1. The van der Waals surface area contributed by atoms with Gasteiger partial charge in [0.05, 0.1) is 19.8 Å². The number of esters is 2. The van der Waals surface area contributed by atoms with Gasteiger partial charge in [0.25, 0.3) is 0 Å². The van der Waals surface area contributed by atoms with Crippen LogP contribution in [0.4, 0.5) is 0 Å². The van der Waals surface area contributed by atoms with Gasteiger partial charge in [0.2, 0.25) is 0 Å². The van der Waals surface area contributed by atoms with Crippen molar-refractivity contribution in [3.8, 4) is 0 Å². The van der Waals surface area contributed by atoms with Gasteiger partial charge >= 0.3 is 19.8 Å². The zero-order chi connectivity index (χ0) is 39.1. The predicted molar refractivity (Wildman–Crippen MR) is 215 cm³/mol. The number of hydrogen-bond donors (Lipinski definition) is 3. The standard InChI is InChI=1S/C42H79O10P/c1-3-5-7-9-11-13-15-17-19-21-23-25-27-29-31-33-41(45)49-37-40(38-51-53(47,48)50-36-39(44)35-43)52-42(46)34-32-30-28-26-24-22-20-18-16-14-12-10-8-6-4-2/h27,29,31,33,39-40,43-44H,3-26,28,30,32,34-38H2,1-2H3,(H,47,48)/b29-27+,33-31+/t39-,40+/m0/s1. The van der Waals surface area contributed by atoms with Gasteiger partial charge in [0.15, 0.2) is 6.10 Å². The van der Waals surface area contributed by atoms with Crippen molar-refractivity contribution < 1.29 is 47.8 Å². The summed E-state index contributed by atoms with van der Waals surface area (Å²) in [4.78, 5) is 34.8. The van der Waals surface area contributed by atoms with E-state index in [-0.39, 0.29) is 13.0 Å². The minimum Gasteiger partial charge on any atom is -0.458 e. The molecule has 0 saturated carbocycles. The molecule has 0 aromatic rings. The molecule has 0 saturated heterocycles. The van der Waals surface area contributed by atoms with E-state index in [0.29, 0.717) is 6.42 Å². The Hall–Kier alpha value is -1.55. The molecule has 312 valence electrons. The first kappa shape index (κ1) is 51.5. The van der Waals surface area contributed by atoms with Gasteiger partial charge < -0.3 is 24.6 Å². The number of phosphoric acid groups is 1.